The summed E-state index contributed by atoms with van der Waals surface area (Å²) in [5.74, 6) is -1.80. The first-order chi connectivity index (χ1) is 16.4. The SMILES string of the molecule is CC(CCNC(=O)OCC1c2ccccc2-c2ccccc21)C(=O)NC1C=CCC(C(=O)O)C1. The Morgan fingerprint density at radius 1 is 1.06 bits per heavy atom. The van der Waals surface area contributed by atoms with Crippen molar-refractivity contribution in [2.45, 2.75) is 38.1 Å². The van der Waals surface area contributed by atoms with Gasteiger partial charge in [0.1, 0.15) is 6.61 Å². The van der Waals surface area contributed by atoms with Gasteiger partial charge in [-0.2, -0.15) is 0 Å². The van der Waals surface area contributed by atoms with Crippen molar-refractivity contribution < 1.29 is 24.2 Å². The summed E-state index contributed by atoms with van der Waals surface area (Å²) >= 11 is 0. The highest BCUT2D eigenvalue weighted by atomic mass is 16.5. The average molecular weight is 463 g/mol. The number of aliphatic carboxylic acids is 1. The van der Waals surface area contributed by atoms with Crippen LogP contribution in [0.25, 0.3) is 11.1 Å². The highest BCUT2D eigenvalue weighted by molar-refractivity contribution is 5.80. The van der Waals surface area contributed by atoms with Crippen LogP contribution in [0.5, 0.6) is 0 Å². The van der Waals surface area contributed by atoms with E-state index in [1.54, 1.807) is 13.0 Å². The molecule has 3 atom stereocenters. The van der Waals surface area contributed by atoms with Crippen LogP contribution in [0.1, 0.15) is 43.2 Å². The van der Waals surface area contributed by atoms with Gasteiger partial charge in [-0.05, 0) is 41.5 Å². The van der Waals surface area contributed by atoms with Gasteiger partial charge in [-0.1, -0.05) is 67.6 Å². The van der Waals surface area contributed by atoms with Crippen LogP contribution in [0.2, 0.25) is 0 Å². The number of carboxylic acid groups (broad SMARTS) is 1. The highest BCUT2D eigenvalue weighted by Gasteiger charge is 2.29. The first-order valence-electron chi connectivity index (χ1n) is 11.7. The molecule has 2 aromatic carbocycles. The summed E-state index contributed by atoms with van der Waals surface area (Å²) in [4.78, 5) is 35.9. The molecule has 0 bridgehead atoms. The predicted molar refractivity (Wildman–Crippen MR) is 128 cm³/mol. The van der Waals surface area contributed by atoms with Crippen molar-refractivity contribution >= 4 is 18.0 Å². The molecule has 0 saturated heterocycles. The number of alkyl carbamates (subject to hydrolysis) is 1. The molecule has 0 spiro atoms. The molecule has 2 aliphatic carbocycles. The van der Waals surface area contributed by atoms with Crippen molar-refractivity contribution in [3.8, 4) is 11.1 Å². The summed E-state index contributed by atoms with van der Waals surface area (Å²) in [5.41, 5.74) is 4.66. The second kappa shape index (κ2) is 10.5. The van der Waals surface area contributed by atoms with Crippen molar-refractivity contribution in [1.82, 2.24) is 10.6 Å². The predicted octanol–water partition coefficient (Wildman–Crippen LogP) is 4.09. The molecule has 34 heavy (non-hydrogen) atoms. The van der Waals surface area contributed by atoms with Gasteiger partial charge in [0.15, 0.2) is 0 Å². The number of carbonyl (C=O) groups is 3. The highest BCUT2D eigenvalue weighted by Crippen LogP contribution is 2.44. The third-order valence-electron chi connectivity index (χ3n) is 6.64. The number of ether oxygens (including phenoxy) is 1. The normalized spacial score (nSPS) is 19.6. The lowest BCUT2D eigenvalue weighted by Gasteiger charge is -2.24. The Balaban J connectivity index is 1.21. The second-order valence-electron chi connectivity index (χ2n) is 8.99. The van der Waals surface area contributed by atoms with Gasteiger partial charge >= 0.3 is 12.1 Å². The molecule has 0 aliphatic heterocycles. The quantitative estimate of drug-likeness (QED) is 0.513. The van der Waals surface area contributed by atoms with Crippen LogP contribution in [0, 0.1) is 11.8 Å². The van der Waals surface area contributed by atoms with Crippen molar-refractivity contribution in [2.75, 3.05) is 13.2 Å². The molecule has 2 aromatic rings. The molecule has 0 fully saturated rings. The Labute approximate surface area is 199 Å². The van der Waals surface area contributed by atoms with E-state index in [0.717, 1.165) is 11.1 Å². The number of carboxylic acids is 1. The molecule has 0 heterocycles. The fourth-order valence-corrected chi connectivity index (χ4v) is 4.69. The fraction of sp³-hybridized carbons (Fsp3) is 0.370. The van der Waals surface area contributed by atoms with Crippen LogP contribution in [0.15, 0.2) is 60.7 Å². The van der Waals surface area contributed by atoms with E-state index in [0.29, 0.717) is 25.8 Å². The van der Waals surface area contributed by atoms with Gasteiger partial charge in [-0.3, -0.25) is 9.59 Å². The maximum atomic E-state index is 12.5. The number of hydrogen-bond donors (Lipinski definition) is 3. The van der Waals surface area contributed by atoms with E-state index < -0.39 is 18.0 Å². The molecule has 178 valence electrons. The van der Waals surface area contributed by atoms with E-state index in [1.807, 2.05) is 30.3 Å². The van der Waals surface area contributed by atoms with Crippen molar-refractivity contribution in [1.29, 1.82) is 0 Å². The van der Waals surface area contributed by atoms with Crippen LogP contribution in [-0.4, -0.2) is 42.3 Å². The molecule has 4 rings (SSSR count). The summed E-state index contributed by atoms with van der Waals surface area (Å²) in [6, 6.07) is 16.1. The Hall–Kier alpha value is -3.61. The van der Waals surface area contributed by atoms with Gasteiger partial charge in [0, 0.05) is 24.4 Å². The van der Waals surface area contributed by atoms with Crippen molar-refractivity contribution in [3.63, 3.8) is 0 Å². The molecule has 3 N–H and O–H groups in total. The molecule has 2 aliphatic rings. The Morgan fingerprint density at radius 3 is 2.35 bits per heavy atom. The maximum absolute atomic E-state index is 12.5. The van der Waals surface area contributed by atoms with Crippen LogP contribution < -0.4 is 10.6 Å². The monoisotopic (exact) mass is 462 g/mol. The molecule has 0 radical (unpaired) electrons. The minimum atomic E-state index is -0.844. The van der Waals surface area contributed by atoms with E-state index >= 15 is 0 Å². The number of nitrogens with one attached hydrogen (secondary N) is 2. The van der Waals surface area contributed by atoms with Crippen LogP contribution in [0.4, 0.5) is 4.79 Å². The summed E-state index contributed by atoms with van der Waals surface area (Å²) in [5, 5.41) is 14.8. The third kappa shape index (κ3) is 5.30. The molecular formula is C27H30N2O5. The zero-order valence-corrected chi connectivity index (χ0v) is 19.2. The minimum absolute atomic E-state index is 0.000952. The number of benzene rings is 2. The molecule has 3 unspecified atom stereocenters. The van der Waals surface area contributed by atoms with Gasteiger partial charge in [0.05, 0.1) is 5.92 Å². The number of hydrogen-bond acceptors (Lipinski definition) is 4. The van der Waals surface area contributed by atoms with Gasteiger partial charge in [0.2, 0.25) is 5.91 Å². The Morgan fingerprint density at radius 2 is 1.71 bits per heavy atom. The van der Waals surface area contributed by atoms with Crippen LogP contribution in [-0.2, 0) is 14.3 Å². The largest absolute Gasteiger partial charge is 0.481 e. The van der Waals surface area contributed by atoms with E-state index in [2.05, 4.69) is 34.9 Å². The zero-order chi connectivity index (χ0) is 24.1. The second-order valence-corrected chi connectivity index (χ2v) is 8.99. The number of fused-ring (bicyclic) bond motifs is 3. The summed E-state index contributed by atoms with van der Waals surface area (Å²) in [6.45, 7) is 2.34. The number of rotatable bonds is 8. The van der Waals surface area contributed by atoms with Crippen molar-refractivity contribution in [3.05, 3.63) is 71.8 Å². The summed E-state index contributed by atoms with van der Waals surface area (Å²) < 4.78 is 5.52. The van der Waals surface area contributed by atoms with Gasteiger partial charge < -0.3 is 20.5 Å². The topological polar surface area (TPSA) is 105 Å². The maximum Gasteiger partial charge on any atom is 0.407 e. The minimum Gasteiger partial charge on any atom is -0.481 e. The lowest BCUT2D eigenvalue weighted by Crippen LogP contribution is -2.41. The van der Waals surface area contributed by atoms with E-state index in [1.165, 1.54) is 11.1 Å². The standard InChI is InChI=1S/C27H30N2O5/c1-17(25(30)29-19-8-6-7-18(15-19)26(31)32)13-14-28-27(33)34-16-24-22-11-4-2-9-20(22)21-10-3-5-12-23(21)24/h2-6,8-12,17-19,24H,7,13-16H2,1H3,(H,28,33)(H,29,30)(H,31,32). The summed E-state index contributed by atoms with van der Waals surface area (Å²) in [6.07, 6.45) is 4.47. The van der Waals surface area contributed by atoms with E-state index in [-0.39, 0.29) is 30.4 Å². The molecule has 0 aromatic heterocycles. The third-order valence-corrected chi connectivity index (χ3v) is 6.64. The van der Waals surface area contributed by atoms with Crippen LogP contribution in [0.3, 0.4) is 0 Å². The molecule has 0 saturated carbocycles. The zero-order valence-electron chi connectivity index (χ0n) is 19.2. The molecule has 2 amide bonds. The van der Waals surface area contributed by atoms with Crippen molar-refractivity contribution in [2.24, 2.45) is 11.8 Å². The lowest BCUT2D eigenvalue weighted by atomic mass is 9.91. The number of amides is 2. The number of allylic oxidation sites excluding steroid dienone is 1. The lowest BCUT2D eigenvalue weighted by molar-refractivity contribution is -0.142. The van der Waals surface area contributed by atoms with Gasteiger partial charge in [0.25, 0.3) is 0 Å². The van der Waals surface area contributed by atoms with Crippen LogP contribution >= 0.6 is 0 Å². The Kier molecular flexibility index (Phi) is 7.30. The molecular weight excluding hydrogens is 432 g/mol. The summed E-state index contributed by atoms with van der Waals surface area (Å²) in [7, 11) is 0. The van der Waals surface area contributed by atoms with E-state index in [4.69, 9.17) is 4.74 Å². The number of carbonyl (C=O) groups excluding carboxylic acids is 2. The van der Waals surface area contributed by atoms with Gasteiger partial charge in [-0.15, -0.1) is 0 Å². The smallest absolute Gasteiger partial charge is 0.407 e. The molecule has 7 heteroatoms. The fourth-order valence-electron chi connectivity index (χ4n) is 4.69. The Bertz CT molecular complexity index is 1050. The first kappa shape index (κ1) is 23.5. The van der Waals surface area contributed by atoms with E-state index in [9.17, 15) is 19.5 Å². The van der Waals surface area contributed by atoms with Gasteiger partial charge in [-0.25, -0.2) is 4.79 Å². The first-order valence-corrected chi connectivity index (χ1v) is 11.7. The molecule has 7 nitrogen and oxygen atoms in total. The average Bonchev–Trinajstić information content (AvgIpc) is 3.16.